The molecule has 2 fully saturated rings. The van der Waals surface area contributed by atoms with Crippen LogP contribution < -0.4 is 0 Å². The van der Waals surface area contributed by atoms with Gasteiger partial charge in [0.2, 0.25) is 0 Å². The highest BCUT2D eigenvalue weighted by molar-refractivity contribution is 5.52. The Hall–Kier alpha value is -1.34. The third kappa shape index (κ3) is 1.15. The fourth-order valence-electron chi connectivity index (χ4n) is 5.38. The number of allylic oxidation sites excluding steroid dienone is 1. The monoisotopic (exact) mass is 266 g/mol. The van der Waals surface area contributed by atoms with E-state index < -0.39 is 5.60 Å². The second kappa shape index (κ2) is 3.65. The van der Waals surface area contributed by atoms with E-state index in [0.717, 1.165) is 12.8 Å². The zero-order valence-electron chi connectivity index (χ0n) is 12.1. The van der Waals surface area contributed by atoms with Crippen LogP contribution in [0.25, 0.3) is 0 Å². The number of benzene rings is 1. The number of hydrogen-bond acceptors (Lipinski definition) is 1. The molecule has 1 nitrogen and oxygen atoms in total. The molecule has 3 aliphatic carbocycles. The van der Waals surface area contributed by atoms with Gasteiger partial charge < -0.3 is 5.11 Å². The van der Waals surface area contributed by atoms with Gasteiger partial charge in [-0.25, -0.2) is 0 Å². The molecule has 1 N–H and O–H groups in total. The van der Waals surface area contributed by atoms with Crippen LogP contribution in [0.1, 0.15) is 38.2 Å². The van der Waals surface area contributed by atoms with Gasteiger partial charge in [-0.05, 0) is 49.5 Å². The summed E-state index contributed by atoms with van der Waals surface area (Å²) in [4.78, 5) is 0. The molecule has 0 unspecified atom stereocenters. The van der Waals surface area contributed by atoms with Crippen molar-refractivity contribution in [1.29, 1.82) is 0 Å². The van der Waals surface area contributed by atoms with Crippen LogP contribution in [-0.2, 0) is 5.41 Å². The summed E-state index contributed by atoms with van der Waals surface area (Å²) in [6, 6.07) is 10.6. The molecule has 0 aromatic heterocycles. The smallest absolute Gasteiger partial charge is 0.0961 e. The van der Waals surface area contributed by atoms with E-state index >= 15 is 0 Å². The Labute approximate surface area is 121 Å². The average Bonchev–Trinajstić information content (AvgIpc) is 3.22. The first-order chi connectivity index (χ1) is 9.60. The maximum Gasteiger partial charge on any atom is 0.0961 e. The first-order valence-electron chi connectivity index (χ1n) is 7.70. The van der Waals surface area contributed by atoms with Crippen LogP contribution >= 0.6 is 0 Å². The van der Waals surface area contributed by atoms with Crippen molar-refractivity contribution in [3.05, 3.63) is 60.2 Å². The van der Waals surface area contributed by atoms with Crippen molar-refractivity contribution in [2.24, 2.45) is 11.3 Å². The zero-order valence-corrected chi connectivity index (χ0v) is 12.1. The van der Waals surface area contributed by atoms with Crippen molar-refractivity contribution in [2.45, 2.75) is 43.6 Å². The Kier molecular flexibility index (Phi) is 2.26. The van der Waals surface area contributed by atoms with Gasteiger partial charge in [0.25, 0.3) is 0 Å². The van der Waals surface area contributed by atoms with Gasteiger partial charge in [0.1, 0.15) is 0 Å². The summed E-state index contributed by atoms with van der Waals surface area (Å²) in [5.41, 5.74) is 1.93. The molecule has 0 saturated heterocycles. The lowest BCUT2D eigenvalue weighted by molar-refractivity contribution is -0.0526. The first-order valence-corrected chi connectivity index (χ1v) is 7.70. The van der Waals surface area contributed by atoms with Gasteiger partial charge >= 0.3 is 0 Å². The second-order valence-corrected chi connectivity index (χ2v) is 6.94. The summed E-state index contributed by atoms with van der Waals surface area (Å²) in [5.74, 6) is 0.655. The number of rotatable bonds is 2. The van der Waals surface area contributed by atoms with Gasteiger partial charge in [-0.15, -0.1) is 6.58 Å². The molecule has 0 heterocycles. The highest BCUT2D eigenvalue weighted by Crippen LogP contribution is 2.76. The van der Waals surface area contributed by atoms with Crippen LogP contribution in [0.2, 0.25) is 0 Å². The third-order valence-corrected chi connectivity index (χ3v) is 6.30. The standard InChI is InChI=1S/C19H22O/c1-3-18(20)10-9-16-14(2)13-19(18,17(16)11-12-17)15-7-5-4-6-8-15/h3-8,13,16,20H,1,9-12H2,2H3/t16-,18+,19-/m0/s1. The van der Waals surface area contributed by atoms with E-state index in [1.54, 1.807) is 0 Å². The predicted molar refractivity (Wildman–Crippen MR) is 81.4 cm³/mol. The van der Waals surface area contributed by atoms with Gasteiger partial charge in [0.05, 0.1) is 11.0 Å². The largest absolute Gasteiger partial charge is 0.385 e. The van der Waals surface area contributed by atoms with E-state index in [1.165, 1.54) is 24.0 Å². The first kappa shape index (κ1) is 12.4. The third-order valence-electron chi connectivity index (χ3n) is 6.30. The van der Waals surface area contributed by atoms with Crippen LogP contribution in [0.3, 0.4) is 0 Å². The van der Waals surface area contributed by atoms with Gasteiger partial charge in [-0.1, -0.05) is 48.1 Å². The Morgan fingerprint density at radius 1 is 1.20 bits per heavy atom. The molecule has 104 valence electrons. The topological polar surface area (TPSA) is 20.2 Å². The summed E-state index contributed by atoms with van der Waals surface area (Å²) in [6.45, 7) is 6.24. The molecule has 2 saturated carbocycles. The highest BCUT2D eigenvalue weighted by Gasteiger charge is 2.74. The van der Waals surface area contributed by atoms with E-state index in [-0.39, 0.29) is 10.8 Å². The fourth-order valence-corrected chi connectivity index (χ4v) is 5.38. The highest BCUT2D eigenvalue weighted by atomic mass is 16.3. The Bertz CT molecular complexity index is 595. The van der Waals surface area contributed by atoms with Crippen LogP contribution in [-0.4, -0.2) is 10.7 Å². The Morgan fingerprint density at radius 2 is 1.90 bits per heavy atom. The van der Waals surface area contributed by atoms with Crippen LogP contribution in [0, 0.1) is 11.3 Å². The van der Waals surface area contributed by atoms with Crippen molar-refractivity contribution >= 4 is 0 Å². The van der Waals surface area contributed by atoms with Crippen molar-refractivity contribution in [2.75, 3.05) is 0 Å². The maximum absolute atomic E-state index is 11.4. The Morgan fingerprint density at radius 3 is 2.50 bits per heavy atom. The van der Waals surface area contributed by atoms with E-state index in [4.69, 9.17) is 0 Å². The summed E-state index contributed by atoms with van der Waals surface area (Å²) in [5, 5.41) is 11.4. The van der Waals surface area contributed by atoms with E-state index in [2.05, 4.69) is 49.9 Å². The SMILES string of the molecule is C=C[C@@]1(O)CC[C@H]2C(C)=C[C@]1(c1ccccc1)C21CC1. The van der Waals surface area contributed by atoms with Crippen molar-refractivity contribution in [3.63, 3.8) is 0 Å². The Balaban J connectivity index is 2.02. The normalized spacial score (nSPS) is 40.5. The maximum atomic E-state index is 11.4. The van der Waals surface area contributed by atoms with Crippen LogP contribution in [0.4, 0.5) is 0 Å². The van der Waals surface area contributed by atoms with Gasteiger partial charge in [0.15, 0.2) is 0 Å². The molecule has 1 aromatic carbocycles. The molecular weight excluding hydrogens is 244 g/mol. The average molecular weight is 266 g/mol. The summed E-state index contributed by atoms with van der Waals surface area (Å²) in [6.07, 6.45) is 8.58. The lowest BCUT2D eigenvalue weighted by atomic mass is 9.53. The molecule has 1 aromatic rings. The van der Waals surface area contributed by atoms with Crippen molar-refractivity contribution in [1.82, 2.24) is 0 Å². The minimum absolute atomic E-state index is 0.250. The molecule has 1 spiro atoms. The lowest BCUT2D eigenvalue weighted by Crippen LogP contribution is -2.57. The van der Waals surface area contributed by atoms with Crippen LogP contribution in [0.15, 0.2) is 54.6 Å². The molecule has 0 amide bonds. The molecule has 1 heteroatoms. The van der Waals surface area contributed by atoms with Gasteiger partial charge in [-0.3, -0.25) is 0 Å². The number of aliphatic hydroxyl groups is 1. The lowest BCUT2D eigenvalue weighted by Gasteiger charge is -2.53. The van der Waals surface area contributed by atoms with Crippen molar-refractivity contribution < 1.29 is 5.11 Å². The van der Waals surface area contributed by atoms with E-state index in [0.29, 0.717) is 5.92 Å². The van der Waals surface area contributed by atoms with Gasteiger partial charge in [0, 0.05) is 0 Å². The molecule has 0 radical (unpaired) electrons. The minimum atomic E-state index is -0.806. The quantitative estimate of drug-likeness (QED) is 0.802. The molecule has 3 atom stereocenters. The van der Waals surface area contributed by atoms with Gasteiger partial charge in [-0.2, -0.15) is 0 Å². The van der Waals surface area contributed by atoms with E-state index in [1.807, 2.05) is 6.08 Å². The fraction of sp³-hybridized carbons (Fsp3) is 0.474. The predicted octanol–water partition coefficient (Wildman–Crippen LogP) is 3.99. The molecule has 0 aliphatic heterocycles. The molecular formula is C19H22O. The summed E-state index contributed by atoms with van der Waals surface area (Å²) in [7, 11) is 0. The van der Waals surface area contributed by atoms with Crippen LogP contribution in [0.5, 0.6) is 0 Å². The second-order valence-electron chi connectivity index (χ2n) is 6.94. The number of hydrogen-bond donors (Lipinski definition) is 1. The summed E-state index contributed by atoms with van der Waals surface area (Å²) < 4.78 is 0. The zero-order chi connectivity index (χ0) is 14.0. The summed E-state index contributed by atoms with van der Waals surface area (Å²) >= 11 is 0. The molecule has 20 heavy (non-hydrogen) atoms. The molecule has 4 rings (SSSR count). The van der Waals surface area contributed by atoms with Crippen molar-refractivity contribution in [3.8, 4) is 0 Å². The molecule has 3 aliphatic rings. The molecule has 2 bridgehead atoms. The minimum Gasteiger partial charge on any atom is -0.385 e. The van der Waals surface area contributed by atoms with E-state index in [9.17, 15) is 5.11 Å².